The maximum absolute atomic E-state index is 10.0. The van der Waals surface area contributed by atoms with Crippen LogP contribution < -0.4 is 31.1 Å². The van der Waals surface area contributed by atoms with Gasteiger partial charge < -0.3 is 23.8 Å². The molecule has 590 valence electrons. The third-order valence-corrected chi connectivity index (χ3v) is 25.2. The van der Waals surface area contributed by atoms with E-state index in [1.54, 1.807) is 4.90 Å². The smallest absolute Gasteiger partial charge is 0.252 e. The summed E-state index contributed by atoms with van der Waals surface area (Å²) in [6, 6.07) is 111. The summed E-state index contributed by atoms with van der Waals surface area (Å²) in [5.74, 6) is 0. The Balaban J connectivity index is 0.838. The van der Waals surface area contributed by atoms with Crippen molar-refractivity contribution in [2.24, 2.45) is 0 Å². The van der Waals surface area contributed by atoms with E-state index in [1.165, 1.54) is 82.7 Å². The number of hydrogen-bond donors (Lipinski definition) is 0. The second-order valence-corrected chi connectivity index (χ2v) is 36.1. The second kappa shape index (κ2) is 31.1. The molecule has 0 spiro atoms. The summed E-state index contributed by atoms with van der Waals surface area (Å²) in [6.45, 7) is 22.3. The number of hydrogen-bond acceptors (Lipinski definition) is 3. The molecule has 4 heterocycles. The van der Waals surface area contributed by atoms with Gasteiger partial charge in [-0.1, -0.05) is 317 Å². The molecule has 0 radical (unpaired) electrons. The summed E-state index contributed by atoms with van der Waals surface area (Å²) in [7, 11) is 0. The van der Waals surface area contributed by atoms with E-state index in [-0.39, 0.29) is 59.4 Å². The molecule has 5 nitrogen and oxygen atoms in total. The average molecular weight is 1570 g/mol. The van der Waals surface area contributed by atoms with Gasteiger partial charge in [-0.2, -0.15) is 0 Å². The van der Waals surface area contributed by atoms with E-state index in [0.29, 0.717) is 72.1 Å². The fourth-order valence-corrected chi connectivity index (χ4v) is 19.0. The molecule has 0 unspecified atom stereocenters. The Hall–Kier alpha value is -13.4. The molecule has 16 aromatic carbocycles. The van der Waals surface area contributed by atoms with Crippen LogP contribution in [-0.4, -0.2) is 22.4 Å². The zero-order valence-electron chi connectivity index (χ0n) is 79.3. The van der Waals surface area contributed by atoms with Gasteiger partial charge in [0, 0.05) is 110 Å². The molecule has 20 rings (SSSR count). The Morgan fingerprint density at radius 1 is 0.298 bits per heavy atom. The zero-order chi connectivity index (χ0) is 90.1. The molecule has 0 saturated heterocycles. The number of nitrogens with zero attached hydrogens (tertiary/aromatic N) is 5. The number of aryl methyl sites for hydroxylation is 2. The lowest BCUT2D eigenvalue weighted by atomic mass is 9.33. The van der Waals surface area contributed by atoms with Gasteiger partial charge in [0.15, 0.2) is 0 Å². The molecule has 0 saturated carbocycles. The number of benzene rings is 16. The predicted molar refractivity (Wildman–Crippen MR) is 517 cm³/mol. The highest BCUT2D eigenvalue weighted by molar-refractivity contribution is 7.00. The molecular weight excluding hydrogens is 1460 g/mol. The fourth-order valence-electron chi connectivity index (χ4n) is 19.0. The monoisotopic (exact) mass is 1570 g/mol. The molecule has 2 aromatic heterocycles. The number of aromatic nitrogens is 2. The van der Waals surface area contributed by atoms with Crippen LogP contribution in [0.2, 0.25) is 0 Å². The fraction of sp³-hybridized carbons (Fsp3) is 0.165. The van der Waals surface area contributed by atoms with Crippen LogP contribution in [0.5, 0.6) is 0 Å². The summed E-state index contributed by atoms with van der Waals surface area (Å²) in [5, 5.41) is 3.31. The normalized spacial score (nSPS) is 13.7. The van der Waals surface area contributed by atoms with Crippen molar-refractivity contribution in [3.8, 4) is 44.5 Å². The predicted octanol–water partition coefficient (Wildman–Crippen LogP) is 27.7. The number of rotatable bonds is 19. The van der Waals surface area contributed by atoms with Gasteiger partial charge >= 0.3 is 0 Å². The minimum Gasteiger partial charge on any atom is -0.342 e. The first-order valence-corrected chi connectivity index (χ1v) is 42.7. The van der Waals surface area contributed by atoms with Gasteiger partial charge in [0.05, 0.1) is 12.3 Å². The third kappa shape index (κ3) is 14.6. The first kappa shape index (κ1) is 66.5. The van der Waals surface area contributed by atoms with Crippen LogP contribution in [0.1, 0.15) is 125 Å². The van der Waals surface area contributed by atoms with Crippen LogP contribution in [0, 0.1) is 0 Å². The molecule has 0 aliphatic carbocycles. The SMILES string of the molecule is [2H]c1c([2H])c([2H])c(N(c2ccccc2)c2ccc3c(c2)c2c([2H])c([2H])c([2H])c([2H])c2n3CCc2cc3c4c(c2)N(Cc2cc(-c5ccccc5)cc(-c5ccccc5)c2)c2cc(Cn5c6ccc(C(C)(C)C)cc6c6cc(C(C)(C)C)ccc65)ccc2B4c2ccc(Cc4cccc(C(C)(C)C)c4)cc2N3CCc2c(-c3ccccc3)cccc2-c2ccccc2)c([2H])c1[2H]. The highest BCUT2D eigenvalue weighted by atomic mass is 15.2. The van der Waals surface area contributed by atoms with Crippen LogP contribution in [0.25, 0.3) is 88.1 Å². The number of para-hydroxylation sites is 3. The van der Waals surface area contributed by atoms with E-state index in [0.717, 1.165) is 72.8 Å². The molecule has 2 aliphatic rings. The lowest BCUT2D eigenvalue weighted by molar-refractivity contribution is 0.589. The van der Waals surface area contributed by atoms with Gasteiger partial charge in [-0.05, 0) is 262 Å². The Morgan fingerprint density at radius 2 is 0.785 bits per heavy atom. The van der Waals surface area contributed by atoms with Gasteiger partial charge in [0.2, 0.25) is 0 Å². The Kier molecular flexibility index (Phi) is 17.1. The highest BCUT2D eigenvalue weighted by Gasteiger charge is 2.44. The van der Waals surface area contributed by atoms with E-state index >= 15 is 0 Å². The standard InChI is InChI=1S/C115H102BN5/c1-113(2,3)89-41-30-32-78(67-89)64-79-50-55-102-108(68-79)118(63-61-97-95(85-37-20-12-21-38-85)47-31-48-96(97)86-39-22-13-23-40-86)110-69-80(60-62-117-104-49-29-28-46-98(104)101-75-94(54-59-105(101)117)121(92-42-24-14-25-43-92)93-44-26-15-27-45-93)70-111-112(110)116(102)103-56-51-81(76-119-106-57-52-90(114(4,5)6)73-99(106)100-74-91(115(7,8)9)53-58-107(100)119)71-109(103)120(111)77-82-65-87(83-33-16-10-17-34-83)72-88(66-82)84-35-18-11-19-36-84/h10-59,65-75H,60-64,76-77H2,1-9H3/i14D,24D,25D,28D,29D,42D,43D,46D,49D. The van der Waals surface area contributed by atoms with Crippen molar-refractivity contribution in [3.05, 3.63) is 420 Å². The summed E-state index contributed by atoms with van der Waals surface area (Å²) in [4.78, 5) is 6.92. The van der Waals surface area contributed by atoms with Crippen molar-refractivity contribution in [2.75, 3.05) is 21.2 Å². The molecule has 0 atom stereocenters. The third-order valence-electron chi connectivity index (χ3n) is 25.2. The van der Waals surface area contributed by atoms with Crippen molar-refractivity contribution in [2.45, 2.75) is 117 Å². The maximum atomic E-state index is 10.0. The van der Waals surface area contributed by atoms with Crippen LogP contribution in [-0.2, 0) is 55.1 Å². The largest absolute Gasteiger partial charge is 0.342 e. The van der Waals surface area contributed by atoms with Crippen molar-refractivity contribution in [1.29, 1.82) is 0 Å². The minimum absolute atomic E-state index is 0.0578. The van der Waals surface area contributed by atoms with Crippen molar-refractivity contribution in [3.63, 3.8) is 0 Å². The zero-order valence-corrected chi connectivity index (χ0v) is 70.3. The van der Waals surface area contributed by atoms with Crippen molar-refractivity contribution >= 4 is 107 Å². The summed E-state index contributed by atoms with van der Waals surface area (Å²) in [6.07, 6.45) is 1.76. The van der Waals surface area contributed by atoms with E-state index in [2.05, 4.69) is 348 Å². The molecule has 6 heteroatoms. The van der Waals surface area contributed by atoms with Gasteiger partial charge in [-0.3, -0.25) is 0 Å². The van der Waals surface area contributed by atoms with Crippen LogP contribution in [0.15, 0.2) is 370 Å². The molecule has 0 amide bonds. The minimum atomic E-state index is -0.514. The average Bonchev–Trinajstić information content (AvgIpc) is 0.792. The summed E-state index contributed by atoms with van der Waals surface area (Å²) in [5.41, 5.74) is 31.9. The van der Waals surface area contributed by atoms with E-state index in [4.69, 9.17) is 4.11 Å². The molecule has 0 N–H and O–H groups in total. The van der Waals surface area contributed by atoms with Gasteiger partial charge in [-0.25, -0.2) is 0 Å². The van der Waals surface area contributed by atoms with Gasteiger partial charge in [-0.15, -0.1) is 0 Å². The Bertz CT molecular complexity index is 7300. The van der Waals surface area contributed by atoms with Gasteiger partial charge in [0.25, 0.3) is 6.71 Å². The second-order valence-electron chi connectivity index (χ2n) is 36.1. The van der Waals surface area contributed by atoms with Crippen molar-refractivity contribution < 1.29 is 12.3 Å². The first-order valence-electron chi connectivity index (χ1n) is 47.2. The van der Waals surface area contributed by atoms with Crippen LogP contribution >= 0.6 is 0 Å². The summed E-state index contributed by atoms with van der Waals surface area (Å²) >= 11 is 0. The first-order chi connectivity index (χ1) is 62.6. The van der Waals surface area contributed by atoms with Crippen LogP contribution in [0.3, 0.4) is 0 Å². The van der Waals surface area contributed by atoms with E-state index < -0.39 is 30.2 Å². The maximum Gasteiger partial charge on any atom is 0.252 e. The molecule has 18 aromatic rings. The molecule has 0 bridgehead atoms. The van der Waals surface area contributed by atoms with Crippen molar-refractivity contribution in [1.82, 2.24) is 9.13 Å². The Morgan fingerprint density at radius 3 is 1.39 bits per heavy atom. The lowest BCUT2D eigenvalue weighted by Gasteiger charge is -2.45. The topological polar surface area (TPSA) is 19.6 Å². The quantitative estimate of drug-likeness (QED) is 0.0752. The number of fused-ring (bicyclic) bond motifs is 10. The highest BCUT2D eigenvalue weighted by Crippen LogP contribution is 2.46. The lowest BCUT2D eigenvalue weighted by Crippen LogP contribution is -2.62. The van der Waals surface area contributed by atoms with E-state index in [9.17, 15) is 8.22 Å². The Labute approximate surface area is 726 Å². The van der Waals surface area contributed by atoms with Gasteiger partial charge in [0.1, 0.15) is 0 Å². The molecule has 2 aliphatic heterocycles. The van der Waals surface area contributed by atoms with E-state index in [1.807, 2.05) is 48.5 Å². The molecular formula is C115H102BN5. The number of anilines is 7. The molecule has 121 heavy (non-hydrogen) atoms. The molecule has 0 fully saturated rings. The van der Waals surface area contributed by atoms with Crippen LogP contribution in [0.4, 0.5) is 39.8 Å². The summed E-state index contributed by atoms with van der Waals surface area (Å²) < 4.78 is 88.5.